The molecule has 0 amide bonds. The van der Waals surface area contributed by atoms with Gasteiger partial charge in [0, 0.05) is 6.92 Å². The normalized spacial score (nSPS) is 11.4. The molecule has 1 unspecified atom stereocenters. The van der Waals surface area contributed by atoms with Crippen LogP contribution in [0, 0.1) is 0 Å². The first kappa shape index (κ1) is 16.5. The van der Waals surface area contributed by atoms with Gasteiger partial charge in [-0.15, -0.1) is 0 Å². The van der Waals surface area contributed by atoms with Crippen molar-refractivity contribution in [1.29, 1.82) is 0 Å². The molecular weight excluding hydrogens is 300 g/mol. The number of carbonyl (C=O) groups is 2. The van der Waals surface area contributed by atoms with Crippen LogP contribution in [0.2, 0.25) is 0 Å². The molecule has 0 fully saturated rings. The smallest absolute Gasteiger partial charge is 0.337 e. The highest BCUT2D eigenvalue weighted by atomic mass is 16.6. The van der Waals surface area contributed by atoms with Gasteiger partial charge in [-0.25, -0.2) is 4.79 Å². The van der Waals surface area contributed by atoms with Gasteiger partial charge in [-0.05, 0) is 48.5 Å². The molecule has 0 saturated carbocycles. The van der Waals surface area contributed by atoms with E-state index in [-0.39, 0.29) is 0 Å². The van der Waals surface area contributed by atoms with E-state index in [1.54, 1.807) is 48.5 Å². The van der Waals surface area contributed by atoms with Crippen LogP contribution in [0.5, 0.6) is 11.5 Å². The minimum absolute atomic E-state index is 0.401. The highest BCUT2D eigenvalue weighted by Crippen LogP contribution is 2.22. The summed E-state index contributed by atoms with van der Waals surface area (Å²) in [5, 5.41) is 8.02. The van der Waals surface area contributed by atoms with Crippen LogP contribution in [0.25, 0.3) is 0 Å². The molecule has 0 aliphatic carbocycles. The van der Waals surface area contributed by atoms with E-state index in [0.29, 0.717) is 22.6 Å². The Balaban J connectivity index is 2.02. The number of esters is 2. The van der Waals surface area contributed by atoms with E-state index in [1.165, 1.54) is 14.0 Å². The summed E-state index contributed by atoms with van der Waals surface area (Å²) < 4.78 is 15.0. The molecule has 2 N–H and O–H groups in total. The molecule has 0 aromatic heterocycles. The third-order valence-corrected chi connectivity index (χ3v) is 2.97. The van der Waals surface area contributed by atoms with Crippen LogP contribution in [0.4, 0.5) is 0 Å². The highest BCUT2D eigenvalue weighted by molar-refractivity contribution is 5.89. The minimum Gasteiger partial charge on any atom is -0.465 e. The predicted octanol–water partition coefficient (Wildman–Crippen LogP) is 2.20. The van der Waals surface area contributed by atoms with Gasteiger partial charge < -0.3 is 19.3 Å². The van der Waals surface area contributed by atoms with Crippen molar-refractivity contribution < 1.29 is 28.9 Å². The van der Waals surface area contributed by atoms with E-state index >= 15 is 0 Å². The average molecular weight is 317 g/mol. The number of ether oxygens (including phenoxy) is 3. The zero-order valence-corrected chi connectivity index (χ0v) is 12.7. The van der Waals surface area contributed by atoms with Crippen LogP contribution in [0.1, 0.15) is 29.1 Å². The zero-order chi connectivity index (χ0) is 16.8. The molecule has 1 atom stereocenters. The van der Waals surface area contributed by atoms with Gasteiger partial charge in [-0.3, -0.25) is 4.79 Å². The van der Waals surface area contributed by atoms with Crippen molar-refractivity contribution in [2.75, 3.05) is 7.11 Å². The molecule has 6 heteroatoms. The molecule has 0 aliphatic rings. The van der Waals surface area contributed by atoms with Crippen LogP contribution in [0.15, 0.2) is 48.5 Å². The summed E-state index contributed by atoms with van der Waals surface area (Å²) in [6.07, 6.45) is -0.939. The lowest BCUT2D eigenvalue weighted by Crippen LogP contribution is -2.07. The summed E-state index contributed by atoms with van der Waals surface area (Å²) in [4.78, 5) is 22.2. The molecule has 2 rings (SSSR count). The zero-order valence-electron chi connectivity index (χ0n) is 12.7. The SMILES string of the molecule is COC(=O)c1ccc(OC([OH2+])c2ccc(OC(C)=O)cc2)cc1. The molecule has 0 radical (unpaired) electrons. The van der Waals surface area contributed by atoms with Gasteiger partial charge in [0.25, 0.3) is 0 Å². The number of hydrogen-bond donors (Lipinski definition) is 0. The molecule has 23 heavy (non-hydrogen) atoms. The fraction of sp³-hybridized carbons (Fsp3) is 0.176. The summed E-state index contributed by atoms with van der Waals surface area (Å²) in [7, 11) is 1.31. The molecule has 2 aromatic rings. The first-order valence-electron chi connectivity index (χ1n) is 6.84. The molecule has 0 spiro atoms. The van der Waals surface area contributed by atoms with Crippen molar-refractivity contribution >= 4 is 11.9 Å². The van der Waals surface area contributed by atoms with Crippen LogP contribution in [-0.4, -0.2) is 24.2 Å². The molecule has 0 saturated heterocycles. The molecule has 0 aliphatic heterocycles. The Bertz CT molecular complexity index is 675. The van der Waals surface area contributed by atoms with Crippen LogP contribution < -0.4 is 9.47 Å². The van der Waals surface area contributed by atoms with E-state index < -0.39 is 18.2 Å². The summed E-state index contributed by atoms with van der Waals surface area (Å²) in [5.41, 5.74) is 1.02. The summed E-state index contributed by atoms with van der Waals surface area (Å²) >= 11 is 0. The second kappa shape index (κ2) is 7.42. The fourth-order valence-electron chi connectivity index (χ4n) is 1.87. The highest BCUT2D eigenvalue weighted by Gasteiger charge is 2.15. The Morgan fingerprint density at radius 2 is 1.52 bits per heavy atom. The molecule has 120 valence electrons. The van der Waals surface area contributed by atoms with Gasteiger partial charge >= 0.3 is 18.2 Å². The molecule has 2 aromatic carbocycles. The van der Waals surface area contributed by atoms with E-state index in [0.717, 1.165) is 0 Å². The Kier molecular flexibility index (Phi) is 5.32. The number of benzene rings is 2. The lowest BCUT2D eigenvalue weighted by atomic mass is 10.2. The topological polar surface area (TPSA) is 84.7 Å². The third-order valence-electron chi connectivity index (χ3n) is 2.97. The average Bonchev–Trinajstić information content (AvgIpc) is 2.55. The summed E-state index contributed by atoms with van der Waals surface area (Å²) in [5.74, 6) is 0.0414. The van der Waals surface area contributed by atoms with Gasteiger partial charge in [0.15, 0.2) is 0 Å². The lowest BCUT2D eigenvalue weighted by Gasteiger charge is -2.11. The quantitative estimate of drug-likeness (QED) is 0.365. The lowest BCUT2D eigenvalue weighted by molar-refractivity contribution is -0.131. The fourth-order valence-corrected chi connectivity index (χ4v) is 1.87. The maximum Gasteiger partial charge on any atom is 0.337 e. The number of rotatable bonds is 5. The monoisotopic (exact) mass is 317 g/mol. The van der Waals surface area contributed by atoms with E-state index in [9.17, 15) is 9.59 Å². The van der Waals surface area contributed by atoms with Crippen LogP contribution >= 0.6 is 0 Å². The Morgan fingerprint density at radius 3 is 2.04 bits per heavy atom. The second-order valence-electron chi connectivity index (χ2n) is 4.68. The van der Waals surface area contributed by atoms with Gasteiger partial charge in [-0.2, -0.15) is 0 Å². The Morgan fingerprint density at radius 1 is 0.957 bits per heavy atom. The molecule has 0 heterocycles. The summed E-state index contributed by atoms with van der Waals surface area (Å²) in [6.45, 7) is 1.32. The standard InChI is InChI=1S/C17H16O6/c1-11(18)22-14-7-5-13(6-8-14)17(20)23-15-9-3-12(4-10-15)16(19)21-2/h3-10,17,20H,1-2H3/p+1. The second-order valence-corrected chi connectivity index (χ2v) is 4.68. The van der Waals surface area contributed by atoms with Gasteiger partial charge in [0.2, 0.25) is 0 Å². The summed E-state index contributed by atoms with van der Waals surface area (Å²) in [6, 6.07) is 12.8. The van der Waals surface area contributed by atoms with Crippen molar-refractivity contribution in [3.63, 3.8) is 0 Å². The van der Waals surface area contributed by atoms with Crippen LogP contribution in [-0.2, 0) is 9.53 Å². The Labute approximate surface area is 133 Å². The van der Waals surface area contributed by atoms with Crippen molar-refractivity contribution in [3.8, 4) is 11.5 Å². The van der Waals surface area contributed by atoms with Crippen molar-refractivity contribution in [2.24, 2.45) is 0 Å². The van der Waals surface area contributed by atoms with Crippen molar-refractivity contribution in [3.05, 3.63) is 59.7 Å². The number of hydrogen-bond acceptors (Lipinski definition) is 5. The molecule has 6 nitrogen and oxygen atoms in total. The minimum atomic E-state index is -0.939. The molecular formula is C17H17O6+. The van der Waals surface area contributed by atoms with E-state index in [2.05, 4.69) is 4.74 Å². The van der Waals surface area contributed by atoms with Crippen LogP contribution in [0.3, 0.4) is 0 Å². The number of methoxy groups -OCH3 is 1. The first-order valence-corrected chi connectivity index (χ1v) is 6.84. The van der Waals surface area contributed by atoms with E-state index in [1.807, 2.05) is 0 Å². The third kappa shape index (κ3) is 4.55. The maximum absolute atomic E-state index is 11.3. The predicted molar refractivity (Wildman–Crippen MR) is 82.5 cm³/mol. The van der Waals surface area contributed by atoms with Gasteiger partial charge in [0.05, 0.1) is 18.2 Å². The Hall–Kier alpha value is -2.86. The molecule has 0 bridgehead atoms. The van der Waals surface area contributed by atoms with Gasteiger partial charge in [-0.1, -0.05) is 0 Å². The number of carbonyl (C=O) groups excluding carboxylic acids is 2. The largest absolute Gasteiger partial charge is 0.465 e. The van der Waals surface area contributed by atoms with Crippen molar-refractivity contribution in [2.45, 2.75) is 13.2 Å². The first-order chi connectivity index (χ1) is 11.0. The van der Waals surface area contributed by atoms with E-state index in [4.69, 9.17) is 14.6 Å². The maximum atomic E-state index is 11.3. The van der Waals surface area contributed by atoms with Crippen molar-refractivity contribution in [1.82, 2.24) is 0 Å². The van der Waals surface area contributed by atoms with Gasteiger partial charge in [0.1, 0.15) is 11.5 Å².